The van der Waals surface area contributed by atoms with E-state index in [2.05, 4.69) is 16.7 Å². The van der Waals surface area contributed by atoms with Gasteiger partial charge < -0.3 is 14.5 Å². The third-order valence-corrected chi connectivity index (χ3v) is 6.24. The molecule has 0 spiro atoms. The van der Waals surface area contributed by atoms with Crippen molar-refractivity contribution in [3.63, 3.8) is 0 Å². The van der Waals surface area contributed by atoms with Gasteiger partial charge in [0.1, 0.15) is 11.4 Å². The van der Waals surface area contributed by atoms with Crippen LogP contribution in [0.2, 0.25) is 0 Å². The smallest absolute Gasteiger partial charge is 0.282 e. The van der Waals surface area contributed by atoms with Gasteiger partial charge in [0, 0.05) is 37.1 Å². The molecule has 152 valence electrons. The number of carbonyl (C=O) groups excluding carboxylic acids is 2. The zero-order valence-electron chi connectivity index (χ0n) is 16.8. The van der Waals surface area contributed by atoms with Gasteiger partial charge in [-0.2, -0.15) is 0 Å². The van der Waals surface area contributed by atoms with E-state index in [9.17, 15) is 9.59 Å². The van der Waals surface area contributed by atoms with Crippen molar-refractivity contribution in [3.05, 3.63) is 52.4 Å². The second kappa shape index (κ2) is 8.39. The van der Waals surface area contributed by atoms with Crippen molar-refractivity contribution in [2.24, 2.45) is 0 Å². The van der Waals surface area contributed by atoms with Crippen molar-refractivity contribution in [1.29, 1.82) is 0 Å². The standard InChI is InChI=1S/C22H25N3O3S/c1-3-23-10-12-24(13-11-23)20-19(18-9-6-14-29-18)21(26)25(22(20)27)16-7-5-8-17(15-16)28-4-2/h5-9,14-15H,3-4,10-13H2,1-2H3. The Hall–Kier alpha value is -2.64. The predicted octanol–water partition coefficient (Wildman–Crippen LogP) is 3.07. The minimum absolute atomic E-state index is 0.253. The molecule has 4 rings (SSSR count). The van der Waals surface area contributed by atoms with E-state index in [-0.39, 0.29) is 11.8 Å². The topological polar surface area (TPSA) is 53.1 Å². The zero-order chi connectivity index (χ0) is 20.4. The lowest BCUT2D eigenvalue weighted by Gasteiger charge is -2.35. The summed E-state index contributed by atoms with van der Waals surface area (Å²) in [5, 5.41) is 1.94. The molecule has 3 heterocycles. The molecule has 0 aliphatic carbocycles. The number of imide groups is 1. The van der Waals surface area contributed by atoms with Crippen LogP contribution in [0.15, 0.2) is 47.5 Å². The van der Waals surface area contributed by atoms with Gasteiger partial charge >= 0.3 is 0 Å². The first-order chi connectivity index (χ1) is 14.1. The monoisotopic (exact) mass is 411 g/mol. The van der Waals surface area contributed by atoms with Crippen LogP contribution in [-0.4, -0.2) is 60.9 Å². The molecular weight excluding hydrogens is 386 g/mol. The third-order valence-electron chi connectivity index (χ3n) is 5.35. The summed E-state index contributed by atoms with van der Waals surface area (Å²) in [7, 11) is 0. The molecule has 2 aliphatic heterocycles. The molecule has 1 saturated heterocycles. The zero-order valence-corrected chi connectivity index (χ0v) is 17.6. The number of hydrogen-bond acceptors (Lipinski definition) is 6. The highest BCUT2D eigenvalue weighted by Crippen LogP contribution is 2.37. The van der Waals surface area contributed by atoms with Crippen molar-refractivity contribution in [1.82, 2.24) is 9.80 Å². The number of thiophene rings is 1. The number of anilines is 1. The quantitative estimate of drug-likeness (QED) is 0.684. The molecule has 1 aromatic heterocycles. The molecule has 0 atom stereocenters. The number of likely N-dealkylation sites (N-methyl/N-ethyl adjacent to an activating group) is 1. The first-order valence-electron chi connectivity index (χ1n) is 10.0. The second-order valence-electron chi connectivity index (χ2n) is 7.00. The summed E-state index contributed by atoms with van der Waals surface area (Å²) in [6.45, 7) is 8.82. The fraction of sp³-hybridized carbons (Fsp3) is 0.364. The molecule has 2 amide bonds. The summed E-state index contributed by atoms with van der Waals surface area (Å²) >= 11 is 1.49. The molecule has 0 radical (unpaired) electrons. The van der Waals surface area contributed by atoms with E-state index in [1.54, 1.807) is 12.1 Å². The maximum Gasteiger partial charge on any atom is 0.282 e. The molecule has 6 nitrogen and oxygen atoms in total. The van der Waals surface area contributed by atoms with Gasteiger partial charge in [-0.05, 0) is 37.0 Å². The first kappa shape index (κ1) is 19.7. The van der Waals surface area contributed by atoms with E-state index in [4.69, 9.17) is 4.74 Å². The Morgan fingerprint density at radius 2 is 1.79 bits per heavy atom. The van der Waals surface area contributed by atoms with Crippen LogP contribution in [-0.2, 0) is 9.59 Å². The van der Waals surface area contributed by atoms with E-state index >= 15 is 0 Å². The van der Waals surface area contributed by atoms with Crippen LogP contribution in [0.1, 0.15) is 18.7 Å². The highest BCUT2D eigenvalue weighted by atomic mass is 32.1. The fourth-order valence-corrected chi connectivity index (χ4v) is 4.62. The lowest BCUT2D eigenvalue weighted by Crippen LogP contribution is -2.47. The number of amides is 2. The van der Waals surface area contributed by atoms with Crippen LogP contribution in [0.25, 0.3) is 5.57 Å². The third kappa shape index (κ3) is 3.68. The molecule has 2 aliphatic rings. The minimum Gasteiger partial charge on any atom is -0.494 e. The highest BCUT2D eigenvalue weighted by molar-refractivity contribution is 7.11. The minimum atomic E-state index is -0.265. The molecular formula is C22H25N3O3S. The van der Waals surface area contributed by atoms with Crippen molar-refractivity contribution >= 4 is 34.4 Å². The van der Waals surface area contributed by atoms with Gasteiger partial charge in [0.05, 0.1) is 17.9 Å². The predicted molar refractivity (Wildman–Crippen MR) is 115 cm³/mol. The van der Waals surface area contributed by atoms with Gasteiger partial charge in [0.15, 0.2) is 0 Å². The van der Waals surface area contributed by atoms with Gasteiger partial charge in [-0.15, -0.1) is 11.3 Å². The average molecular weight is 412 g/mol. The molecule has 7 heteroatoms. The van der Waals surface area contributed by atoms with Crippen LogP contribution >= 0.6 is 11.3 Å². The number of piperazine rings is 1. The number of nitrogens with zero attached hydrogens (tertiary/aromatic N) is 3. The fourth-order valence-electron chi connectivity index (χ4n) is 3.86. The maximum absolute atomic E-state index is 13.5. The number of hydrogen-bond donors (Lipinski definition) is 0. The summed E-state index contributed by atoms with van der Waals surface area (Å²) in [6, 6.07) is 11.0. The maximum atomic E-state index is 13.5. The van der Waals surface area contributed by atoms with Gasteiger partial charge in [-0.1, -0.05) is 19.1 Å². The summed E-state index contributed by atoms with van der Waals surface area (Å²) in [4.78, 5) is 33.5. The van der Waals surface area contributed by atoms with Crippen molar-refractivity contribution in [2.75, 3.05) is 44.2 Å². The Bertz CT molecular complexity index is 931. The van der Waals surface area contributed by atoms with Gasteiger partial charge in [-0.3, -0.25) is 9.59 Å². The van der Waals surface area contributed by atoms with Crippen LogP contribution < -0.4 is 9.64 Å². The molecule has 0 N–H and O–H groups in total. The largest absolute Gasteiger partial charge is 0.494 e. The Kier molecular flexibility index (Phi) is 5.69. The molecule has 29 heavy (non-hydrogen) atoms. The lowest BCUT2D eigenvalue weighted by molar-refractivity contribution is -0.120. The highest BCUT2D eigenvalue weighted by Gasteiger charge is 2.43. The van der Waals surface area contributed by atoms with Gasteiger partial charge in [0.25, 0.3) is 11.8 Å². The van der Waals surface area contributed by atoms with E-state index < -0.39 is 0 Å². The van der Waals surface area contributed by atoms with Crippen molar-refractivity contribution in [3.8, 4) is 5.75 Å². The lowest BCUT2D eigenvalue weighted by atomic mass is 10.1. The van der Waals surface area contributed by atoms with Crippen LogP contribution in [0.5, 0.6) is 5.75 Å². The SMILES string of the molecule is CCOc1cccc(N2C(=O)C(c3cccs3)=C(N3CCN(CC)CC3)C2=O)c1. The Morgan fingerprint density at radius 3 is 2.45 bits per heavy atom. The van der Waals surface area contributed by atoms with Crippen LogP contribution in [0.4, 0.5) is 5.69 Å². The van der Waals surface area contributed by atoms with E-state index in [1.165, 1.54) is 16.2 Å². The molecule has 0 saturated carbocycles. The molecule has 2 aromatic rings. The summed E-state index contributed by atoms with van der Waals surface area (Å²) in [5.74, 6) is 0.129. The number of ether oxygens (including phenoxy) is 1. The van der Waals surface area contributed by atoms with Crippen LogP contribution in [0, 0.1) is 0 Å². The normalized spacial score (nSPS) is 18.1. The molecule has 0 unspecified atom stereocenters. The van der Waals surface area contributed by atoms with Gasteiger partial charge in [-0.25, -0.2) is 4.90 Å². The number of carbonyl (C=O) groups is 2. The Balaban J connectivity index is 1.72. The number of rotatable bonds is 6. The second-order valence-corrected chi connectivity index (χ2v) is 7.95. The molecule has 1 aromatic carbocycles. The first-order valence-corrected chi connectivity index (χ1v) is 10.9. The average Bonchev–Trinajstić information content (AvgIpc) is 3.34. The number of benzene rings is 1. The van der Waals surface area contributed by atoms with Crippen LogP contribution in [0.3, 0.4) is 0 Å². The van der Waals surface area contributed by atoms with E-state index in [0.29, 0.717) is 29.3 Å². The van der Waals surface area contributed by atoms with E-state index in [0.717, 1.165) is 37.6 Å². The Morgan fingerprint density at radius 1 is 1.00 bits per heavy atom. The molecule has 0 bridgehead atoms. The Labute approximate surface area is 175 Å². The van der Waals surface area contributed by atoms with Crippen molar-refractivity contribution in [2.45, 2.75) is 13.8 Å². The molecule has 1 fully saturated rings. The van der Waals surface area contributed by atoms with Gasteiger partial charge in [0.2, 0.25) is 0 Å². The summed E-state index contributed by atoms with van der Waals surface area (Å²) in [5.41, 5.74) is 1.58. The summed E-state index contributed by atoms with van der Waals surface area (Å²) in [6.07, 6.45) is 0. The van der Waals surface area contributed by atoms with Crippen molar-refractivity contribution < 1.29 is 14.3 Å². The summed E-state index contributed by atoms with van der Waals surface area (Å²) < 4.78 is 5.57. The van der Waals surface area contributed by atoms with E-state index in [1.807, 2.05) is 36.6 Å².